The van der Waals surface area contributed by atoms with Gasteiger partial charge in [0.25, 0.3) is 0 Å². The minimum Gasteiger partial charge on any atom is -0.491 e. The van der Waals surface area contributed by atoms with Gasteiger partial charge in [-0.25, -0.2) is 4.79 Å². The van der Waals surface area contributed by atoms with Gasteiger partial charge in [0.2, 0.25) is 0 Å². The van der Waals surface area contributed by atoms with Crippen molar-refractivity contribution in [2.75, 3.05) is 26.9 Å². The second-order valence-electron chi connectivity index (χ2n) is 6.09. The van der Waals surface area contributed by atoms with Crippen LogP contribution in [-0.4, -0.2) is 42.7 Å². The van der Waals surface area contributed by atoms with E-state index in [2.05, 4.69) is 15.7 Å². The lowest BCUT2D eigenvalue weighted by molar-refractivity contribution is 0.182. The third-order valence-corrected chi connectivity index (χ3v) is 4.20. The summed E-state index contributed by atoms with van der Waals surface area (Å²) in [5, 5.41) is 10.2. The van der Waals surface area contributed by atoms with E-state index in [0.717, 1.165) is 28.3 Å². The Bertz CT molecular complexity index is 728. The van der Waals surface area contributed by atoms with Gasteiger partial charge in [0.05, 0.1) is 25.4 Å². The smallest absolute Gasteiger partial charge is 0.315 e. The Morgan fingerprint density at radius 1 is 1.15 bits per heavy atom. The Labute approximate surface area is 154 Å². The van der Waals surface area contributed by atoms with Crippen LogP contribution >= 0.6 is 0 Å². The minimum absolute atomic E-state index is 0.221. The van der Waals surface area contributed by atoms with Gasteiger partial charge >= 0.3 is 6.03 Å². The Morgan fingerprint density at radius 2 is 1.92 bits per heavy atom. The summed E-state index contributed by atoms with van der Waals surface area (Å²) >= 11 is 0. The Hall–Kier alpha value is -2.54. The number of aromatic nitrogens is 2. The van der Waals surface area contributed by atoms with Gasteiger partial charge in [0.15, 0.2) is 0 Å². The fourth-order valence-electron chi connectivity index (χ4n) is 2.66. The van der Waals surface area contributed by atoms with E-state index in [4.69, 9.17) is 9.47 Å². The Morgan fingerprint density at radius 3 is 2.65 bits per heavy atom. The average molecular weight is 360 g/mol. The van der Waals surface area contributed by atoms with Crippen LogP contribution < -0.4 is 15.4 Å². The number of nitrogens with zero attached hydrogens (tertiary/aromatic N) is 2. The third-order valence-electron chi connectivity index (χ3n) is 4.20. The van der Waals surface area contributed by atoms with Crippen molar-refractivity contribution in [1.29, 1.82) is 0 Å². The first kappa shape index (κ1) is 19.8. The molecule has 7 heteroatoms. The standard InChI is InChI=1S/C19H28N4O3/c1-14-7-5-6-8-18(14)26-11-9-20-19(24)21-13-17-15(2)22-23(16(17)3)10-12-25-4/h5-8H,9-13H2,1-4H3,(H2,20,21,24). The molecule has 1 aromatic heterocycles. The molecule has 142 valence electrons. The van der Waals surface area contributed by atoms with Crippen LogP contribution in [0.25, 0.3) is 0 Å². The number of methoxy groups -OCH3 is 1. The largest absolute Gasteiger partial charge is 0.491 e. The molecule has 2 aromatic rings. The highest BCUT2D eigenvalue weighted by molar-refractivity contribution is 5.73. The molecule has 1 heterocycles. The van der Waals surface area contributed by atoms with E-state index in [-0.39, 0.29) is 6.03 Å². The lowest BCUT2D eigenvalue weighted by Crippen LogP contribution is -2.37. The van der Waals surface area contributed by atoms with Gasteiger partial charge in [-0.1, -0.05) is 18.2 Å². The molecule has 7 nitrogen and oxygen atoms in total. The molecule has 2 N–H and O–H groups in total. The van der Waals surface area contributed by atoms with Crippen LogP contribution in [0.2, 0.25) is 0 Å². The average Bonchev–Trinajstić information content (AvgIpc) is 2.90. The second-order valence-corrected chi connectivity index (χ2v) is 6.09. The van der Waals surface area contributed by atoms with E-state index in [1.807, 2.05) is 49.7 Å². The quantitative estimate of drug-likeness (QED) is 0.673. The number of rotatable bonds is 9. The first-order chi connectivity index (χ1) is 12.5. The van der Waals surface area contributed by atoms with Gasteiger partial charge in [-0.3, -0.25) is 4.68 Å². The summed E-state index contributed by atoms with van der Waals surface area (Å²) in [5.74, 6) is 0.837. The van der Waals surface area contributed by atoms with E-state index < -0.39 is 0 Å². The topological polar surface area (TPSA) is 77.4 Å². The van der Waals surface area contributed by atoms with E-state index in [9.17, 15) is 4.79 Å². The number of hydrogen-bond donors (Lipinski definition) is 2. The van der Waals surface area contributed by atoms with Crippen LogP contribution in [0.5, 0.6) is 5.75 Å². The predicted molar refractivity (Wildman–Crippen MR) is 100 cm³/mol. The van der Waals surface area contributed by atoms with Crippen LogP contribution in [-0.2, 0) is 17.8 Å². The van der Waals surface area contributed by atoms with E-state index in [1.54, 1.807) is 7.11 Å². The summed E-state index contributed by atoms with van der Waals surface area (Å²) in [7, 11) is 1.67. The number of hydrogen-bond acceptors (Lipinski definition) is 4. The Balaban J connectivity index is 1.73. The molecule has 2 rings (SSSR count). The monoisotopic (exact) mass is 360 g/mol. The van der Waals surface area contributed by atoms with Crippen molar-refractivity contribution >= 4 is 6.03 Å². The van der Waals surface area contributed by atoms with E-state index in [0.29, 0.717) is 32.8 Å². The summed E-state index contributed by atoms with van der Waals surface area (Å²) in [6, 6.07) is 7.59. The predicted octanol–water partition coefficient (Wildman–Crippen LogP) is 2.33. The lowest BCUT2D eigenvalue weighted by Gasteiger charge is -2.11. The zero-order chi connectivity index (χ0) is 18.9. The molecular weight excluding hydrogens is 332 g/mol. The van der Waals surface area contributed by atoms with E-state index in [1.165, 1.54) is 0 Å². The van der Waals surface area contributed by atoms with Crippen molar-refractivity contribution < 1.29 is 14.3 Å². The van der Waals surface area contributed by atoms with Crippen molar-refractivity contribution in [3.05, 3.63) is 46.8 Å². The number of amides is 2. The first-order valence-electron chi connectivity index (χ1n) is 8.75. The third kappa shape index (κ3) is 5.49. The summed E-state index contributed by atoms with van der Waals surface area (Å²) in [4.78, 5) is 12.0. The van der Waals surface area contributed by atoms with Crippen molar-refractivity contribution in [3.63, 3.8) is 0 Å². The van der Waals surface area contributed by atoms with Crippen LogP contribution in [0.1, 0.15) is 22.5 Å². The number of carbonyl (C=O) groups excluding carboxylic acids is 1. The molecule has 0 unspecified atom stereocenters. The number of ether oxygens (including phenoxy) is 2. The lowest BCUT2D eigenvalue weighted by atomic mass is 10.2. The second kappa shape index (κ2) is 9.82. The molecule has 2 amide bonds. The fraction of sp³-hybridized carbons (Fsp3) is 0.474. The molecule has 26 heavy (non-hydrogen) atoms. The fourth-order valence-corrected chi connectivity index (χ4v) is 2.66. The normalized spacial score (nSPS) is 10.6. The van der Waals surface area contributed by atoms with Crippen molar-refractivity contribution in [2.45, 2.75) is 33.9 Å². The van der Waals surface area contributed by atoms with E-state index >= 15 is 0 Å². The molecule has 0 aliphatic heterocycles. The number of carbonyl (C=O) groups is 1. The molecular formula is C19H28N4O3. The van der Waals surface area contributed by atoms with Crippen LogP contribution in [0.4, 0.5) is 4.79 Å². The molecule has 0 bridgehead atoms. The van der Waals surface area contributed by atoms with Crippen LogP contribution in [0.3, 0.4) is 0 Å². The van der Waals surface area contributed by atoms with Crippen molar-refractivity contribution in [3.8, 4) is 5.75 Å². The highest BCUT2D eigenvalue weighted by atomic mass is 16.5. The van der Waals surface area contributed by atoms with Gasteiger partial charge in [-0.2, -0.15) is 5.10 Å². The Kier molecular flexibility index (Phi) is 7.47. The molecule has 0 saturated heterocycles. The zero-order valence-corrected chi connectivity index (χ0v) is 16.0. The molecule has 0 aliphatic rings. The maximum Gasteiger partial charge on any atom is 0.315 e. The SMILES string of the molecule is COCCn1nc(C)c(CNC(=O)NCCOc2ccccc2C)c1C. The van der Waals surface area contributed by atoms with Crippen molar-refractivity contribution in [1.82, 2.24) is 20.4 Å². The van der Waals surface area contributed by atoms with Gasteiger partial charge in [-0.05, 0) is 32.4 Å². The van der Waals surface area contributed by atoms with Gasteiger partial charge < -0.3 is 20.1 Å². The number of urea groups is 1. The zero-order valence-electron chi connectivity index (χ0n) is 16.0. The van der Waals surface area contributed by atoms with Crippen LogP contribution in [0, 0.1) is 20.8 Å². The first-order valence-corrected chi connectivity index (χ1v) is 8.75. The molecule has 0 saturated carbocycles. The van der Waals surface area contributed by atoms with Crippen LogP contribution in [0.15, 0.2) is 24.3 Å². The minimum atomic E-state index is -0.221. The maximum atomic E-state index is 12.0. The molecule has 0 atom stereocenters. The molecule has 0 aliphatic carbocycles. The highest BCUT2D eigenvalue weighted by Crippen LogP contribution is 2.15. The summed E-state index contributed by atoms with van der Waals surface area (Å²) < 4.78 is 12.7. The van der Waals surface area contributed by atoms with Crippen molar-refractivity contribution in [2.24, 2.45) is 0 Å². The number of benzene rings is 1. The summed E-state index contributed by atoms with van der Waals surface area (Å²) in [6.45, 7) is 8.54. The molecule has 0 radical (unpaired) electrons. The maximum absolute atomic E-state index is 12.0. The number of aryl methyl sites for hydroxylation is 2. The number of para-hydroxylation sites is 1. The molecule has 0 spiro atoms. The molecule has 1 aromatic carbocycles. The molecule has 0 fully saturated rings. The highest BCUT2D eigenvalue weighted by Gasteiger charge is 2.12. The summed E-state index contributed by atoms with van der Waals surface area (Å²) in [6.07, 6.45) is 0. The summed E-state index contributed by atoms with van der Waals surface area (Å²) in [5.41, 5.74) is 4.07. The van der Waals surface area contributed by atoms with Gasteiger partial charge in [0, 0.05) is 24.9 Å². The van der Waals surface area contributed by atoms with Gasteiger partial charge in [-0.15, -0.1) is 0 Å². The number of nitrogens with one attached hydrogen (secondary N) is 2. The van der Waals surface area contributed by atoms with Gasteiger partial charge in [0.1, 0.15) is 12.4 Å².